The maximum absolute atomic E-state index is 4.90. The Morgan fingerprint density at radius 3 is 1.67 bits per heavy atom. The second kappa shape index (κ2) is 10.7. The first kappa shape index (κ1) is 28.3. The van der Waals surface area contributed by atoms with E-state index >= 15 is 0 Å². The van der Waals surface area contributed by atoms with E-state index < -0.39 is 0 Å². The van der Waals surface area contributed by atoms with Crippen LogP contribution in [0.3, 0.4) is 0 Å². The molecule has 4 heterocycles. The van der Waals surface area contributed by atoms with Gasteiger partial charge < -0.3 is 4.40 Å². The number of hydrogen-bond acceptors (Lipinski definition) is 1. The molecule has 4 aromatic carbocycles. The summed E-state index contributed by atoms with van der Waals surface area (Å²) >= 11 is 0. The molecule has 222 valence electrons. The second-order valence-electron chi connectivity index (χ2n) is 13.2. The molecule has 0 saturated carbocycles. The number of aromatic nitrogens is 2. The third kappa shape index (κ3) is 4.30. The van der Waals surface area contributed by atoms with E-state index in [0.717, 1.165) is 5.69 Å². The van der Waals surface area contributed by atoms with Crippen molar-refractivity contribution in [3.05, 3.63) is 149 Å². The van der Waals surface area contributed by atoms with Gasteiger partial charge in [-0.15, -0.1) is 0 Å². The Morgan fingerprint density at radius 2 is 1.09 bits per heavy atom. The molecule has 4 aromatic heterocycles. The topological polar surface area (TPSA) is 17.3 Å². The van der Waals surface area contributed by atoms with E-state index in [2.05, 4.69) is 149 Å². The predicted molar refractivity (Wildman–Crippen MR) is 198 cm³/mol. The van der Waals surface area contributed by atoms with Crippen LogP contribution in [0.1, 0.15) is 33.4 Å². The summed E-state index contributed by atoms with van der Waals surface area (Å²) in [5, 5.41) is 2.54. The standard InChI is InChI=1S/C43H37BN2/c1-26-22-28(3)41(29(4)23-26)44(42-30(5)24-27(2)25-31(42)6)33-19-17-32(18-20-33)39-38-16-11-15-37-34-12-7-8-13-35(34)43(46(37)38)40(39)36-14-9-10-21-45-36/h7-25H,1-6H3. The third-order valence-corrected chi connectivity index (χ3v) is 9.92. The van der Waals surface area contributed by atoms with Crippen molar-refractivity contribution in [2.24, 2.45) is 0 Å². The van der Waals surface area contributed by atoms with Crippen molar-refractivity contribution in [1.29, 1.82) is 0 Å². The van der Waals surface area contributed by atoms with E-state index in [1.807, 2.05) is 12.3 Å². The molecule has 0 unspecified atom stereocenters. The summed E-state index contributed by atoms with van der Waals surface area (Å²) in [6.07, 6.45) is 1.90. The van der Waals surface area contributed by atoms with Gasteiger partial charge in [0.25, 0.3) is 0 Å². The van der Waals surface area contributed by atoms with Crippen LogP contribution in [0.2, 0.25) is 0 Å². The fourth-order valence-corrected chi connectivity index (χ4v) is 8.35. The minimum absolute atomic E-state index is 0.143. The predicted octanol–water partition coefficient (Wildman–Crippen LogP) is 8.78. The van der Waals surface area contributed by atoms with Gasteiger partial charge in [-0.05, 0) is 71.4 Å². The Balaban J connectivity index is 1.38. The van der Waals surface area contributed by atoms with Gasteiger partial charge in [0, 0.05) is 28.1 Å². The minimum atomic E-state index is 0.143. The lowest BCUT2D eigenvalue weighted by Crippen LogP contribution is -2.55. The fourth-order valence-electron chi connectivity index (χ4n) is 8.35. The highest BCUT2D eigenvalue weighted by atomic mass is 14.9. The monoisotopic (exact) mass is 592 g/mol. The highest BCUT2D eigenvalue weighted by Gasteiger charge is 2.29. The summed E-state index contributed by atoms with van der Waals surface area (Å²) in [6, 6.07) is 40.4. The lowest BCUT2D eigenvalue weighted by Gasteiger charge is -2.25. The molecule has 3 heteroatoms. The average molecular weight is 593 g/mol. The van der Waals surface area contributed by atoms with E-state index in [0.29, 0.717) is 0 Å². The molecule has 0 saturated heterocycles. The number of rotatable bonds is 5. The van der Waals surface area contributed by atoms with Gasteiger partial charge in [0.15, 0.2) is 0 Å². The normalized spacial score (nSPS) is 11.7. The van der Waals surface area contributed by atoms with Crippen LogP contribution in [-0.4, -0.2) is 16.1 Å². The van der Waals surface area contributed by atoms with Crippen LogP contribution in [0.5, 0.6) is 0 Å². The van der Waals surface area contributed by atoms with Crippen molar-refractivity contribution in [2.45, 2.75) is 41.5 Å². The largest absolute Gasteiger partial charge is 0.308 e. The maximum atomic E-state index is 4.90. The lowest BCUT2D eigenvalue weighted by atomic mass is 9.34. The molecular weight excluding hydrogens is 555 g/mol. The molecule has 46 heavy (non-hydrogen) atoms. The quantitative estimate of drug-likeness (QED) is 0.183. The second-order valence-corrected chi connectivity index (χ2v) is 13.2. The molecular formula is C43H37BN2. The Kier molecular flexibility index (Phi) is 6.62. The van der Waals surface area contributed by atoms with Crippen LogP contribution in [0.4, 0.5) is 0 Å². The number of fused-ring (bicyclic) bond motifs is 3. The Bertz CT molecular complexity index is 2310. The molecule has 0 N–H and O–H groups in total. The van der Waals surface area contributed by atoms with Gasteiger partial charge >= 0.3 is 0 Å². The first-order valence-electron chi connectivity index (χ1n) is 16.3. The van der Waals surface area contributed by atoms with Gasteiger partial charge in [0.2, 0.25) is 6.71 Å². The van der Waals surface area contributed by atoms with Crippen molar-refractivity contribution in [2.75, 3.05) is 0 Å². The van der Waals surface area contributed by atoms with E-state index in [-0.39, 0.29) is 6.71 Å². The lowest BCUT2D eigenvalue weighted by molar-refractivity contribution is 1.33. The zero-order chi connectivity index (χ0) is 31.7. The summed E-state index contributed by atoms with van der Waals surface area (Å²) in [4.78, 5) is 4.90. The van der Waals surface area contributed by atoms with E-state index in [1.165, 1.54) is 93.8 Å². The van der Waals surface area contributed by atoms with Crippen LogP contribution in [-0.2, 0) is 0 Å². The van der Waals surface area contributed by atoms with Gasteiger partial charge in [-0.25, -0.2) is 0 Å². The zero-order valence-corrected chi connectivity index (χ0v) is 27.4. The summed E-state index contributed by atoms with van der Waals surface area (Å²) < 4.78 is 2.44. The molecule has 8 rings (SSSR count). The van der Waals surface area contributed by atoms with Crippen LogP contribution >= 0.6 is 0 Å². The van der Waals surface area contributed by atoms with Crippen molar-refractivity contribution >= 4 is 50.4 Å². The SMILES string of the molecule is Cc1cc(C)c(B(c2ccc(-c3c(-c4ccccn4)c4c5ccccc5c5cccc3n54)cc2)c2c(C)cc(C)cc2C)c(C)c1. The Labute approximate surface area is 271 Å². The number of benzene rings is 4. The van der Waals surface area contributed by atoms with Crippen LogP contribution in [0, 0.1) is 41.5 Å². The molecule has 0 fully saturated rings. The molecule has 0 bridgehead atoms. The molecule has 2 nitrogen and oxygen atoms in total. The molecule has 8 aromatic rings. The minimum Gasteiger partial charge on any atom is -0.308 e. The van der Waals surface area contributed by atoms with E-state index in [9.17, 15) is 0 Å². The van der Waals surface area contributed by atoms with Gasteiger partial charge in [0.1, 0.15) is 0 Å². The maximum Gasteiger partial charge on any atom is 0.242 e. The van der Waals surface area contributed by atoms with Gasteiger partial charge in [-0.3, -0.25) is 4.98 Å². The number of nitrogens with zero attached hydrogens (tertiary/aromatic N) is 2. The van der Waals surface area contributed by atoms with Gasteiger partial charge in [-0.1, -0.05) is 135 Å². The Hall–Kier alpha value is -5.15. The summed E-state index contributed by atoms with van der Waals surface area (Å²) in [5.74, 6) is 0. The highest BCUT2D eigenvalue weighted by Crippen LogP contribution is 2.45. The average Bonchev–Trinajstić information content (AvgIpc) is 3.56. The molecule has 0 radical (unpaired) electrons. The molecule has 0 amide bonds. The van der Waals surface area contributed by atoms with Crippen LogP contribution < -0.4 is 16.4 Å². The molecule has 0 aliphatic heterocycles. The Morgan fingerprint density at radius 1 is 0.522 bits per heavy atom. The molecule has 0 aliphatic rings. The summed E-state index contributed by atoms with van der Waals surface area (Å²) in [7, 11) is 0. The highest BCUT2D eigenvalue weighted by molar-refractivity contribution is 6.96. The van der Waals surface area contributed by atoms with Gasteiger partial charge in [-0.2, -0.15) is 0 Å². The fraction of sp³-hybridized carbons (Fsp3) is 0.140. The van der Waals surface area contributed by atoms with E-state index in [4.69, 9.17) is 4.98 Å². The number of hydrogen-bond donors (Lipinski definition) is 0. The van der Waals surface area contributed by atoms with Crippen molar-refractivity contribution in [1.82, 2.24) is 9.38 Å². The molecule has 0 atom stereocenters. The van der Waals surface area contributed by atoms with E-state index in [1.54, 1.807) is 0 Å². The zero-order valence-electron chi connectivity index (χ0n) is 27.4. The first-order valence-corrected chi connectivity index (χ1v) is 16.3. The van der Waals surface area contributed by atoms with Crippen LogP contribution in [0.25, 0.3) is 49.7 Å². The third-order valence-electron chi connectivity index (χ3n) is 9.92. The molecule has 0 spiro atoms. The molecule has 0 aliphatic carbocycles. The summed E-state index contributed by atoms with van der Waals surface area (Å²) in [6.45, 7) is 13.6. The number of pyridine rings is 2. The van der Waals surface area contributed by atoms with Gasteiger partial charge in [0.05, 0.1) is 22.2 Å². The van der Waals surface area contributed by atoms with Crippen molar-refractivity contribution in [3.63, 3.8) is 0 Å². The first-order chi connectivity index (χ1) is 22.3. The van der Waals surface area contributed by atoms with Crippen molar-refractivity contribution in [3.8, 4) is 22.4 Å². The van der Waals surface area contributed by atoms with Crippen LogP contribution in [0.15, 0.2) is 115 Å². The smallest absolute Gasteiger partial charge is 0.242 e. The number of aryl methyl sites for hydroxylation is 6. The summed E-state index contributed by atoms with van der Waals surface area (Å²) in [5.41, 5.74) is 20.5. The van der Waals surface area contributed by atoms with Crippen molar-refractivity contribution < 1.29 is 0 Å².